The van der Waals surface area contributed by atoms with Gasteiger partial charge in [-0.1, -0.05) is 6.07 Å². The van der Waals surface area contributed by atoms with Crippen molar-refractivity contribution in [2.24, 2.45) is 0 Å². The SMILES string of the molecule is COc1cc(C)ccc1Oc1cnc(C#N)c(C#N)n1. The first kappa shape index (κ1) is 13.3. The van der Waals surface area contributed by atoms with Gasteiger partial charge in [0.25, 0.3) is 0 Å². The zero-order valence-corrected chi connectivity index (χ0v) is 10.9. The molecular formula is C14H10N4O2. The van der Waals surface area contributed by atoms with Crippen molar-refractivity contribution in [2.45, 2.75) is 6.92 Å². The molecule has 0 aliphatic heterocycles. The van der Waals surface area contributed by atoms with E-state index in [4.69, 9.17) is 20.0 Å². The van der Waals surface area contributed by atoms with Crippen molar-refractivity contribution in [2.75, 3.05) is 7.11 Å². The fourth-order valence-corrected chi connectivity index (χ4v) is 1.55. The van der Waals surface area contributed by atoms with Crippen LogP contribution in [0.2, 0.25) is 0 Å². The maximum Gasteiger partial charge on any atom is 0.239 e. The maximum atomic E-state index is 8.89. The topological polar surface area (TPSA) is 91.8 Å². The fraction of sp³-hybridized carbons (Fsp3) is 0.143. The number of hydrogen-bond donors (Lipinski definition) is 0. The Labute approximate surface area is 115 Å². The zero-order valence-electron chi connectivity index (χ0n) is 10.9. The van der Waals surface area contributed by atoms with Crippen LogP contribution in [0.4, 0.5) is 0 Å². The van der Waals surface area contributed by atoms with Crippen molar-refractivity contribution >= 4 is 0 Å². The predicted molar refractivity (Wildman–Crippen MR) is 69.3 cm³/mol. The van der Waals surface area contributed by atoms with Gasteiger partial charge >= 0.3 is 0 Å². The van der Waals surface area contributed by atoms with E-state index in [0.29, 0.717) is 11.5 Å². The van der Waals surface area contributed by atoms with E-state index in [-0.39, 0.29) is 17.3 Å². The Morgan fingerprint density at radius 2 is 1.85 bits per heavy atom. The molecule has 6 nitrogen and oxygen atoms in total. The first-order chi connectivity index (χ1) is 9.67. The summed E-state index contributed by atoms with van der Waals surface area (Å²) in [6.07, 6.45) is 1.29. The molecular weight excluding hydrogens is 256 g/mol. The normalized spacial score (nSPS) is 9.40. The number of aryl methyl sites for hydroxylation is 1. The van der Waals surface area contributed by atoms with Crippen LogP contribution >= 0.6 is 0 Å². The second kappa shape index (κ2) is 5.68. The lowest BCUT2D eigenvalue weighted by molar-refractivity contribution is 0.373. The summed E-state index contributed by atoms with van der Waals surface area (Å²) in [7, 11) is 1.53. The summed E-state index contributed by atoms with van der Waals surface area (Å²) in [5.74, 6) is 1.14. The number of rotatable bonds is 3. The molecule has 0 saturated heterocycles. The van der Waals surface area contributed by atoms with E-state index >= 15 is 0 Å². The average molecular weight is 266 g/mol. The summed E-state index contributed by atoms with van der Waals surface area (Å²) in [4.78, 5) is 7.76. The number of ether oxygens (including phenoxy) is 2. The van der Waals surface area contributed by atoms with E-state index in [9.17, 15) is 0 Å². The molecule has 0 radical (unpaired) electrons. The molecule has 1 aromatic carbocycles. The molecule has 0 bridgehead atoms. The standard InChI is InChI=1S/C14H10N4O2/c1-9-3-4-12(13(5-9)19-2)20-14-8-17-10(6-15)11(7-16)18-14/h3-5,8H,1-2H3. The quantitative estimate of drug-likeness (QED) is 0.846. The molecule has 0 aliphatic rings. The summed E-state index contributed by atoms with van der Waals surface area (Å²) < 4.78 is 10.7. The molecule has 0 amide bonds. The van der Waals surface area contributed by atoms with E-state index in [1.54, 1.807) is 18.2 Å². The van der Waals surface area contributed by atoms with Gasteiger partial charge in [-0.2, -0.15) is 15.5 Å². The minimum absolute atomic E-state index is 0.0317. The Morgan fingerprint density at radius 3 is 2.50 bits per heavy atom. The summed E-state index contributed by atoms with van der Waals surface area (Å²) in [6, 6.07) is 9.01. The number of nitrogens with zero attached hydrogens (tertiary/aromatic N) is 4. The van der Waals surface area contributed by atoms with Crippen LogP contribution in [0.25, 0.3) is 0 Å². The molecule has 1 aromatic heterocycles. The van der Waals surface area contributed by atoms with Gasteiger partial charge in [-0.3, -0.25) is 0 Å². The lowest BCUT2D eigenvalue weighted by Crippen LogP contribution is -1.98. The molecule has 98 valence electrons. The van der Waals surface area contributed by atoms with Crippen LogP contribution in [-0.2, 0) is 0 Å². The van der Waals surface area contributed by atoms with Crippen LogP contribution in [0.5, 0.6) is 17.4 Å². The van der Waals surface area contributed by atoms with Gasteiger partial charge in [-0.05, 0) is 24.6 Å². The van der Waals surface area contributed by atoms with E-state index in [0.717, 1.165) is 5.56 Å². The van der Waals surface area contributed by atoms with E-state index < -0.39 is 0 Å². The fourth-order valence-electron chi connectivity index (χ4n) is 1.55. The second-order valence-electron chi connectivity index (χ2n) is 3.89. The highest BCUT2D eigenvalue weighted by molar-refractivity contribution is 5.45. The van der Waals surface area contributed by atoms with Crippen molar-refractivity contribution in [3.63, 3.8) is 0 Å². The van der Waals surface area contributed by atoms with Gasteiger partial charge < -0.3 is 9.47 Å². The lowest BCUT2D eigenvalue weighted by atomic mass is 10.2. The van der Waals surface area contributed by atoms with Crippen molar-refractivity contribution in [3.8, 4) is 29.5 Å². The van der Waals surface area contributed by atoms with Crippen LogP contribution in [0.1, 0.15) is 17.0 Å². The van der Waals surface area contributed by atoms with Crippen LogP contribution in [-0.4, -0.2) is 17.1 Å². The number of nitriles is 2. The van der Waals surface area contributed by atoms with Gasteiger partial charge in [0.05, 0.1) is 13.3 Å². The van der Waals surface area contributed by atoms with E-state index in [2.05, 4.69) is 9.97 Å². The van der Waals surface area contributed by atoms with Gasteiger partial charge in [0.15, 0.2) is 22.9 Å². The van der Waals surface area contributed by atoms with E-state index in [1.807, 2.05) is 19.1 Å². The molecule has 0 N–H and O–H groups in total. The van der Waals surface area contributed by atoms with Crippen LogP contribution in [0.3, 0.4) is 0 Å². The van der Waals surface area contributed by atoms with Crippen LogP contribution in [0, 0.1) is 29.6 Å². The Hall–Kier alpha value is -3.12. The molecule has 2 rings (SSSR count). The van der Waals surface area contributed by atoms with Crippen LogP contribution < -0.4 is 9.47 Å². The minimum atomic E-state index is -0.0731. The molecule has 2 aromatic rings. The molecule has 0 unspecified atom stereocenters. The molecule has 0 fully saturated rings. The Morgan fingerprint density at radius 1 is 1.10 bits per heavy atom. The second-order valence-corrected chi connectivity index (χ2v) is 3.89. The smallest absolute Gasteiger partial charge is 0.239 e. The monoisotopic (exact) mass is 266 g/mol. The van der Waals surface area contributed by atoms with Gasteiger partial charge in [0.1, 0.15) is 12.1 Å². The largest absolute Gasteiger partial charge is 0.493 e. The summed E-state index contributed by atoms with van der Waals surface area (Å²) >= 11 is 0. The van der Waals surface area contributed by atoms with Gasteiger partial charge in [-0.15, -0.1) is 0 Å². The zero-order chi connectivity index (χ0) is 14.5. The van der Waals surface area contributed by atoms with Crippen molar-refractivity contribution in [1.29, 1.82) is 10.5 Å². The Balaban J connectivity index is 2.36. The summed E-state index contributed by atoms with van der Waals surface area (Å²) in [6.45, 7) is 1.93. The highest BCUT2D eigenvalue weighted by Crippen LogP contribution is 2.31. The Bertz CT molecular complexity index is 729. The Kier molecular flexibility index (Phi) is 3.78. The third kappa shape index (κ3) is 2.65. The molecule has 0 aliphatic carbocycles. The molecule has 0 spiro atoms. The molecule has 1 heterocycles. The molecule has 6 heteroatoms. The maximum absolute atomic E-state index is 8.89. The molecule has 20 heavy (non-hydrogen) atoms. The van der Waals surface area contributed by atoms with Crippen molar-refractivity contribution in [1.82, 2.24) is 9.97 Å². The van der Waals surface area contributed by atoms with Gasteiger partial charge in [0, 0.05) is 0 Å². The number of methoxy groups -OCH3 is 1. The lowest BCUT2D eigenvalue weighted by Gasteiger charge is -2.10. The first-order valence-electron chi connectivity index (χ1n) is 5.67. The van der Waals surface area contributed by atoms with Gasteiger partial charge in [0.2, 0.25) is 5.88 Å². The summed E-state index contributed by atoms with van der Waals surface area (Å²) in [5, 5.41) is 17.7. The third-order valence-electron chi connectivity index (χ3n) is 2.50. The number of aromatic nitrogens is 2. The summed E-state index contributed by atoms with van der Waals surface area (Å²) in [5.41, 5.74) is 0.921. The van der Waals surface area contributed by atoms with E-state index in [1.165, 1.54) is 13.3 Å². The third-order valence-corrected chi connectivity index (χ3v) is 2.50. The molecule has 0 saturated carbocycles. The number of hydrogen-bond acceptors (Lipinski definition) is 6. The highest BCUT2D eigenvalue weighted by Gasteiger charge is 2.10. The van der Waals surface area contributed by atoms with Crippen molar-refractivity contribution in [3.05, 3.63) is 41.3 Å². The number of benzene rings is 1. The van der Waals surface area contributed by atoms with Crippen LogP contribution in [0.15, 0.2) is 24.4 Å². The highest BCUT2D eigenvalue weighted by atomic mass is 16.5. The van der Waals surface area contributed by atoms with Gasteiger partial charge in [-0.25, -0.2) is 4.98 Å². The van der Waals surface area contributed by atoms with Crippen molar-refractivity contribution < 1.29 is 9.47 Å². The predicted octanol–water partition coefficient (Wildman–Crippen LogP) is 2.33. The average Bonchev–Trinajstić information content (AvgIpc) is 2.48. The minimum Gasteiger partial charge on any atom is -0.493 e. The molecule has 0 atom stereocenters. The first-order valence-corrected chi connectivity index (χ1v) is 5.67.